The monoisotopic (exact) mass is 383 g/mol. The van der Waals surface area contributed by atoms with E-state index in [9.17, 15) is 4.79 Å². The lowest BCUT2D eigenvalue weighted by molar-refractivity contribution is -0.131. The number of pyridine rings is 2. The van der Waals surface area contributed by atoms with Gasteiger partial charge in [0.1, 0.15) is 5.65 Å². The molecule has 1 atom stereocenters. The summed E-state index contributed by atoms with van der Waals surface area (Å²) in [4.78, 5) is 23.5. The average Bonchev–Trinajstić information content (AvgIpc) is 3.11. The molecule has 4 rings (SSSR count). The number of carbonyl (C=O) groups excluding carboxylic acids is 1. The number of piperidine rings is 1. The van der Waals surface area contributed by atoms with Crippen molar-refractivity contribution in [3.8, 4) is 11.4 Å². The minimum absolute atomic E-state index is 0.148. The Kier molecular flexibility index (Phi) is 5.09. The largest absolute Gasteiger partial charge is 0.341 e. The predicted molar refractivity (Wildman–Crippen MR) is 106 cm³/mol. The van der Waals surface area contributed by atoms with Crippen LogP contribution in [0.1, 0.15) is 24.5 Å². The number of fused-ring (bicyclic) bond motifs is 1. The number of aromatic nitrogens is 3. The molecule has 1 aliphatic heterocycles. The second-order valence-corrected chi connectivity index (χ2v) is 7.31. The first-order valence-corrected chi connectivity index (χ1v) is 9.56. The zero-order chi connectivity index (χ0) is 18.8. The number of nitrogens with zero attached hydrogens (tertiary/aromatic N) is 4. The van der Waals surface area contributed by atoms with Gasteiger partial charge >= 0.3 is 0 Å². The summed E-state index contributed by atoms with van der Waals surface area (Å²) in [5.41, 5.74) is 3.63. The molecule has 0 aromatic carbocycles. The molecular formula is C20H22ClN5O. The number of amides is 1. The molecular weight excluding hydrogens is 362 g/mol. The van der Waals surface area contributed by atoms with Crippen LogP contribution in [0.2, 0.25) is 5.02 Å². The number of halogens is 1. The first-order chi connectivity index (χ1) is 13.2. The molecule has 0 radical (unpaired) electrons. The molecule has 1 aliphatic rings. The third kappa shape index (κ3) is 3.68. The molecule has 140 valence electrons. The molecule has 3 aromatic rings. The van der Waals surface area contributed by atoms with Crippen molar-refractivity contribution >= 4 is 23.2 Å². The third-order valence-corrected chi connectivity index (χ3v) is 5.25. The predicted octanol–water partition coefficient (Wildman–Crippen LogP) is 2.98. The Labute approximate surface area is 163 Å². The molecule has 4 heterocycles. The van der Waals surface area contributed by atoms with Crippen LogP contribution in [0.3, 0.4) is 0 Å². The number of carbonyl (C=O) groups is 1. The zero-order valence-corrected chi connectivity index (χ0v) is 16.0. The number of rotatable bonds is 4. The highest BCUT2D eigenvalue weighted by Crippen LogP contribution is 2.28. The van der Waals surface area contributed by atoms with Crippen LogP contribution in [0.15, 0.2) is 42.7 Å². The maximum atomic E-state index is 12.2. The van der Waals surface area contributed by atoms with Crippen LogP contribution < -0.4 is 5.32 Å². The maximum absolute atomic E-state index is 12.2. The number of likely N-dealkylation sites (N-methyl/N-ethyl adjacent to an activating group) is 1. The summed E-state index contributed by atoms with van der Waals surface area (Å²) in [6.45, 7) is 1.92. The lowest BCUT2D eigenvalue weighted by Crippen LogP contribution is -2.43. The number of hydrogen-bond acceptors (Lipinski definition) is 4. The second kappa shape index (κ2) is 7.66. The Morgan fingerprint density at radius 1 is 1.33 bits per heavy atom. The van der Waals surface area contributed by atoms with Crippen molar-refractivity contribution in [2.45, 2.75) is 18.8 Å². The van der Waals surface area contributed by atoms with E-state index in [1.807, 2.05) is 46.0 Å². The van der Waals surface area contributed by atoms with Crippen LogP contribution in [-0.2, 0) is 4.79 Å². The maximum Gasteiger partial charge on any atom is 0.236 e. The van der Waals surface area contributed by atoms with Gasteiger partial charge in [0.25, 0.3) is 0 Å². The molecule has 7 heteroatoms. The SMILES string of the molecule is CNCC(=O)N1CCC[C@@H](c2cccc(-c3cnc4ccc(Cl)cn34)n2)C1. The van der Waals surface area contributed by atoms with E-state index < -0.39 is 0 Å². The normalized spacial score (nSPS) is 17.4. The van der Waals surface area contributed by atoms with E-state index in [0.29, 0.717) is 11.6 Å². The molecule has 0 aliphatic carbocycles. The van der Waals surface area contributed by atoms with E-state index in [1.54, 1.807) is 7.05 Å². The smallest absolute Gasteiger partial charge is 0.236 e. The molecule has 0 unspecified atom stereocenters. The van der Waals surface area contributed by atoms with Gasteiger partial charge < -0.3 is 10.2 Å². The van der Waals surface area contributed by atoms with Gasteiger partial charge in [0.05, 0.1) is 29.2 Å². The van der Waals surface area contributed by atoms with Crippen molar-refractivity contribution in [2.24, 2.45) is 0 Å². The summed E-state index contributed by atoms with van der Waals surface area (Å²) in [6, 6.07) is 9.78. The molecule has 1 fully saturated rings. The molecule has 0 bridgehead atoms. The summed E-state index contributed by atoms with van der Waals surface area (Å²) >= 11 is 6.15. The van der Waals surface area contributed by atoms with E-state index >= 15 is 0 Å². The van der Waals surface area contributed by atoms with E-state index in [-0.39, 0.29) is 11.8 Å². The van der Waals surface area contributed by atoms with Crippen molar-refractivity contribution in [3.05, 3.63) is 53.4 Å². The third-order valence-electron chi connectivity index (χ3n) is 5.02. The summed E-state index contributed by atoms with van der Waals surface area (Å²) in [5, 5.41) is 3.60. The van der Waals surface area contributed by atoms with Gasteiger partial charge in [-0.3, -0.25) is 14.2 Å². The zero-order valence-electron chi connectivity index (χ0n) is 15.2. The van der Waals surface area contributed by atoms with E-state index in [0.717, 1.165) is 48.7 Å². The molecule has 1 saturated heterocycles. The van der Waals surface area contributed by atoms with Crippen molar-refractivity contribution in [2.75, 3.05) is 26.7 Å². The lowest BCUT2D eigenvalue weighted by atomic mass is 9.94. The molecule has 0 spiro atoms. The first kappa shape index (κ1) is 17.9. The highest BCUT2D eigenvalue weighted by Gasteiger charge is 2.25. The van der Waals surface area contributed by atoms with Gasteiger partial charge in [-0.15, -0.1) is 0 Å². The van der Waals surface area contributed by atoms with E-state index in [4.69, 9.17) is 16.6 Å². The van der Waals surface area contributed by atoms with Gasteiger partial charge in [0.15, 0.2) is 0 Å². The fourth-order valence-corrected chi connectivity index (χ4v) is 3.83. The molecule has 3 aromatic heterocycles. The van der Waals surface area contributed by atoms with Crippen LogP contribution in [0.25, 0.3) is 17.0 Å². The Hall–Kier alpha value is -2.44. The van der Waals surface area contributed by atoms with Crippen molar-refractivity contribution in [1.29, 1.82) is 0 Å². The molecule has 0 saturated carbocycles. The fourth-order valence-electron chi connectivity index (χ4n) is 3.67. The average molecular weight is 384 g/mol. The van der Waals surface area contributed by atoms with Crippen molar-refractivity contribution in [1.82, 2.24) is 24.6 Å². The van der Waals surface area contributed by atoms with Gasteiger partial charge in [0.2, 0.25) is 5.91 Å². The Morgan fingerprint density at radius 3 is 3.07 bits per heavy atom. The molecule has 1 amide bonds. The van der Waals surface area contributed by atoms with Crippen LogP contribution in [0, 0.1) is 0 Å². The van der Waals surface area contributed by atoms with Crippen LogP contribution in [0.4, 0.5) is 0 Å². The second-order valence-electron chi connectivity index (χ2n) is 6.88. The Bertz CT molecular complexity index is 970. The summed E-state index contributed by atoms with van der Waals surface area (Å²) in [5.74, 6) is 0.400. The van der Waals surface area contributed by atoms with E-state index in [2.05, 4.69) is 16.4 Å². The molecule has 27 heavy (non-hydrogen) atoms. The topological polar surface area (TPSA) is 62.5 Å². The van der Waals surface area contributed by atoms with Gasteiger partial charge in [-0.1, -0.05) is 17.7 Å². The minimum atomic E-state index is 0.148. The first-order valence-electron chi connectivity index (χ1n) is 9.18. The quantitative estimate of drug-likeness (QED) is 0.752. The van der Waals surface area contributed by atoms with E-state index in [1.165, 1.54) is 0 Å². The van der Waals surface area contributed by atoms with Gasteiger partial charge in [0, 0.05) is 30.9 Å². The summed E-state index contributed by atoms with van der Waals surface area (Å²) in [6.07, 6.45) is 5.71. The standard InChI is InChI=1S/C20H22ClN5O/c1-22-11-20(27)25-9-3-4-14(12-25)16-5-2-6-17(24-16)18-10-23-19-8-7-15(21)13-26(18)19/h2,5-8,10,13-14,22H,3-4,9,11-12H2,1H3/t14-/m1/s1. The highest BCUT2D eigenvalue weighted by molar-refractivity contribution is 6.30. The summed E-state index contributed by atoms with van der Waals surface area (Å²) < 4.78 is 1.96. The van der Waals surface area contributed by atoms with Crippen LogP contribution in [0.5, 0.6) is 0 Å². The highest BCUT2D eigenvalue weighted by atomic mass is 35.5. The van der Waals surface area contributed by atoms with Gasteiger partial charge in [-0.05, 0) is 44.2 Å². The van der Waals surface area contributed by atoms with Gasteiger partial charge in [-0.25, -0.2) is 4.98 Å². The number of nitrogens with one attached hydrogen (secondary N) is 1. The molecule has 1 N–H and O–H groups in total. The summed E-state index contributed by atoms with van der Waals surface area (Å²) in [7, 11) is 1.80. The Balaban J connectivity index is 1.62. The molecule has 6 nitrogen and oxygen atoms in total. The Morgan fingerprint density at radius 2 is 2.22 bits per heavy atom. The van der Waals surface area contributed by atoms with Gasteiger partial charge in [-0.2, -0.15) is 0 Å². The van der Waals surface area contributed by atoms with Crippen LogP contribution >= 0.6 is 11.6 Å². The number of hydrogen-bond donors (Lipinski definition) is 1. The van der Waals surface area contributed by atoms with Crippen LogP contribution in [-0.4, -0.2) is 51.9 Å². The number of imidazole rings is 1. The number of likely N-dealkylation sites (tertiary alicyclic amines) is 1. The van der Waals surface area contributed by atoms with Crippen molar-refractivity contribution in [3.63, 3.8) is 0 Å². The lowest BCUT2D eigenvalue weighted by Gasteiger charge is -2.32. The minimum Gasteiger partial charge on any atom is -0.341 e. The fraction of sp³-hybridized carbons (Fsp3) is 0.350. The van der Waals surface area contributed by atoms with Crippen molar-refractivity contribution < 1.29 is 4.79 Å².